The molecule has 4 N–H and O–H groups in total. The van der Waals surface area contributed by atoms with Crippen molar-refractivity contribution in [2.45, 2.75) is 38.6 Å². The molecule has 1 aromatic heterocycles. The minimum Gasteiger partial charge on any atom is -0.370 e. The summed E-state index contributed by atoms with van der Waals surface area (Å²) in [7, 11) is 0. The highest BCUT2D eigenvalue weighted by molar-refractivity contribution is 14.0. The quantitative estimate of drug-likeness (QED) is 0.235. The van der Waals surface area contributed by atoms with Gasteiger partial charge in [0.15, 0.2) is 5.96 Å². The molecule has 2 rings (SSSR count). The summed E-state index contributed by atoms with van der Waals surface area (Å²) >= 11 is 0. The molecule has 1 saturated heterocycles. The summed E-state index contributed by atoms with van der Waals surface area (Å²) < 4.78 is 0. The van der Waals surface area contributed by atoms with Gasteiger partial charge in [-0.3, -0.25) is 9.89 Å². The van der Waals surface area contributed by atoms with Crippen LogP contribution in [0.5, 0.6) is 0 Å². The molecule has 1 unspecified atom stereocenters. The maximum Gasteiger partial charge on any atom is 0.188 e. The molecule has 1 fully saturated rings. The smallest absolute Gasteiger partial charge is 0.188 e. The van der Waals surface area contributed by atoms with Gasteiger partial charge in [-0.2, -0.15) is 0 Å². The van der Waals surface area contributed by atoms with Crippen molar-refractivity contribution in [2.24, 2.45) is 10.7 Å². The van der Waals surface area contributed by atoms with Gasteiger partial charge in [0.2, 0.25) is 0 Å². The first kappa shape index (κ1) is 21.0. The van der Waals surface area contributed by atoms with Crippen molar-refractivity contribution in [1.82, 2.24) is 15.2 Å². The van der Waals surface area contributed by atoms with E-state index in [2.05, 4.69) is 32.4 Å². The van der Waals surface area contributed by atoms with Gasteiger partial charge in [0.25, 0.3) is 0 Å². The molecular weight excluding hydrogens is 415 g/mol. The fraction of sp³-hybridized carbons (Fsp3) is 0.647. The molecule has 136 valence electrons. The van der Waals surface area contributed by atoms with Gasteiger partial charge in [-0.25, -0.2) is 4.98 Å². The highest BCUT2D eigenvalue weighted by atomic mass is 127. The monoisotopic (exact) mass is 446 g/mol. The summed E-state index contributed by atoms with van der Waals surface area (Å²) in [5, 5.41) is 6.50. The molecule has 24 heavy (non-hydrogen) atoms. The van der Waals surface area contributed by atoms with Gasteiger partial charge in [0.1, 0.15) is 5.82 Å². The molecule has 1 atom stereocenters. The molecule has 7 heteroatoms. The number of nitrogens with one attached hydrogen (secondary N) is 2. The summed E-state index contributed by atoms with van der Waals surface area (Å²) in [6, 6.07) is 6.45. The van der Waals surface area contributed by atoms with Crippen LogP contribution in [-0.2, 0) is 0 Å². The number of guanidine groups is 1. The standard InChI is InChI=1S/C17H30N6.HI/c1-2-23-13-7-8-15(23)14-22-17(18)21-12-6-5-11-20-16-9-3-4-10-19-16;/h3-4,9-10,15H,2,5-8,11-14H2,1H3,(H,19,20)(H3,18,21,22);1H. The van der Waals surface area contributed by atoms with Crippen molar-refractivity contribution in [3.05, 3.63) is 24.4 Å². The van der Waals surface area contributed by atoms with E-state index in [0.717, 1.165) is 44.8 Å². The molecule has 0 aliphatic carbocycles. The van der Waals surface area contributed by atoms with Gasteiger partial charge < -0.3 is 16.4 Å². The zero-order chi connectivity index (χ0) is 16.3. The lowest BCUT2D eigenvalue weighted by Gasteiger charge is -2.20. The fourth-order valence-corrected chi connectivity index (χ4v) is 2.93. The molecule has 0 amide bonds. The number of anilines is 1. The zero-order valence-corrected chi connectivity index (χ0v) is 16.9. The van der Waals surface area contributed by atoms with Crippen molar-refractivity contribution in [3.63, 3.8) is 0 Å². The number of likely N-dealkylation sites (N-methyl/N-ethyl adjacent to an activating group) is 1. The van der Waals surface area contributed by atoms with Gasteiger partial charge in [-0.15, -0.1) is 24.0 Å². The molecule has 0 bridgehead atoms. The summed E-state index contributed by atoms with van der Waals surface area (Å²) in [6.07, 6.45) is 6.45. The van der Waals surface area contributed by atoms with E-state index in [1.165, 1.54) is 19.4 Å². The maximum absolute atomic E-state index is 5.94. The predicted molar refractivity (Wildman–Crippen MR) is 112 cm³/mol. The largest absolute Gasteiger partial charge is 0.370 e. The highest BCUT2D eigenvalue weighted by Crippen LogP contribution is 2.16. The van der Waals surface area contributed by atoms with Crippen LogP contribution in [0.4, 0.5) is 5.82 Å². The lowest BCUT2D eigenvalue weighted by atomic mass is 10.2. The molecule has 0 aromatic carbocycles. The minimum absolute atomic E-state index is 0. The predicted octanol–water partition coefficient (Wildman–Crippen LogP) is 2.28. The molecule has 0 radical (unpaired) electrons. The summed E-state index contributed by atoms with van der Waals surface area (Å²) in [4.78, 5) is 11.2. The number of nitrogens with zero attached hydrogens (tertiary/aromatic N) is 3. The first-order valence-corrected chi connectivity index (χ1v) is 8.72. The van der Waals surface area contributed by atoms with Crippen LogP contribution in [0.1, 0.15) is 32.6 Å². The Labute approximate surface area is 162 Å². The number of halogens is 1. The number of aromatic nitrogens is 1. The van der Waals surface area contributed by atoms with Crippen LogP contribution in [0.15, 0.2) is 29.4 Å². The fourth-order valence-electron chi connectivity index (χ4n) is 2.93. The van der Waals surface area contributed by atoms with E-state index < -0.39 is 0 Å². The number of nitrogens with two attached hydrogens (primary N) is 1. The average molecular weight is 446 g/mol. The molecule has 6 nitrogen and oxygen atoms in total. The number of rotatable bonds is 9. The van der Waals surface area contributed by atoms with Gasteiger partial charge in [-0.05, 0) is 50.9 Å². The van der Waals surface area contributed by atoms with Crippen LogP contribution in [0.25, 0.3) is 0 Å². The summed E-state index contributed by atoms with van der Waals surface area (Å²) in [5.74, 6) is 1.50. The van der Waals surface area contributed by atoms with E-state index in [9.17, 15) is 0 Å². The highest BCUT2D eigenvalue weighted by Gasteiger charge is 2.22. The second-order valence-corrected chi connectivity index (χ2v) is 5.93. The van der Waals surface area contributed by atoms with E-state index in [4.69, 9.17) is 5.73 Å². The topological polar surface area (TPSA) is 78.6 Å². The number of aliphatic imine (C=N–C) groups is 1. The third-order valence-electron chi connectivity index (χ3n) is 4.26. The van der Waals surface area contributed by atoms with Gasteiger partial charge >= 0.3 is 0 Å². The van der Waals surface area contributed by atoms with Crippen LogP contribution in [0, 0.1) is 0 Å². The normalized spacial score (nSPS) is 18.2. The van der Waals surface area contributed by atoms with Crippen LogP contribution in [0.2, 0.25) is 0 Å². The molecular formula is C17H31IN6. The van der Waals surface area contributed by atoms with E-state index in [1.807, 2.05) is 18.2 Å². The van der Waals surface area contributed by atoms with E-state index in [-0.39, 0.29) is 24.0 Å². The first-order chi connectivity index (χ1) is 11.3. The summed E-state index contributed by atoms with van der Waals surface area (Å²) in [5.41, 5.74) is 5.94. The average Bonchev–Trinajstić information content (AvgIpc) is 3.04. The van der Waals surface area contributed by atoms with Gasteiger partial charge in [0, 0.05) is 25.3 Å². The SMILES string of the molecule is CCN1CCCC1CN=C(N)NCCCCNc1ccccn1.I. The number of unbranched alkanes of at least 4 members (excludes halogenated alkanes) is 1. The van der Waals surface area contributed by atoms with Crippen LogP contribution >= 0.6 is 24.0 Å². The van der Waals surface area contributed by atoms with Gasteiger partial charge in [-0.1, -0.05) is 13.0 Å². The van der Waals surface area contributed by atoms with Crippen LogP contribution < -0.4 is 16.4 Å². The Morgan fingerprint density at radius 1 is 1.38 bits per heavy atom. The third-order valence-corrected chi connectivity index (χ3v) is 4.26. The van der Waals surface area contributed by atoms with Crippen LogP contribution in [-0.4, -0.2) is 54.6 Å². The lowest BCUT2D eigenvalue weighted by Crippen LogP contribution is -2.36. The van der Waals surface area contributed by atoms with Gasteiger partial charge in [0.05, 0.1) is 6.54 Å². The van der Waals surface area contributed by atoms with E-state index in [1.54, 1.807) is 6.20 Å². The Kier molecular flexibility index (Phi) is 10.7. The molecule has 2 heterocycles. The lowest BCUT2D eigenvalue weighted by molar-refractivity contribution is 0.273. The van der Waals surface area contributed by atoms with Crippen molar-refractivity contribution < 1.29 is 0 Å². The zero-order valence-electron chi connectivity index (χ0n) is 14.6. The number of likely N-dealkylation sites (tertiary alicyclic amines) is 1. The second-order valence-electron chi connectivity index (χ2n) is 5.93. The number of hydrogen-bond acceptors (Lipinski definition) is 4. The molecule has 0 saturated carbocycles. The Morgan fingerprint density at radius 2 is 2.21 bits per heavy atom. The minimum atomic E-state index is 0. The van der Waals surface area contributed by atoms with E-state index >= 15 is 0 Å². The Morgan fingerprint density at radius 3 is 2.96 bits per heavy atom. The van der Waals surface area contributed by atoms with Crippen molar-refractivity contribution in [3.8, 4) is 0 Å². The maximum atomic E-state index is 5.94. The molecule has 1 aromatic rings. The first-order valence-electron chi connectivity index (χ1n) is 8.72. The third kappa shape index (κ3) is 7.65. The summed E-state index contributed by atoms with van der Waals surface area (Å²) in [6.45, 7) is 7.12. The van der Waals surface area contributed by atoms with Crippen molar-refractivity contribution in [2.75, 3.05) is 38.0 Å². The van der Waals surface area contributed by atoms with E-state index in [0.29, 0.717) is 12.0 Å². The van der Waals surface area contributed by atoms with Crippen molar-refractivity contribution in [1.29, 1.82) is 0 Å². The molecule has 1 aliphatic rings. The second kappa shape index (κ2) is 12.3. The van der Waals surface area contributed by atoms with Crippen molar-refractivity contribution >= 4 is 35.8 Å². The Hall–Kier alpha value is -1.09. The molecule has 1 aliphatic heterocycles. The number of pyridine rings is 1. The van der Waals surface area contributed by atoms with Crippen LogP contribution in [0.3, 0.4) is 0 Å². The Balaban J connectivity index is 0.00000288. The number of hydrogen-bond donors (Lipinski definition) is 3. The Bertz CT molecular complexity index is 467. The molecule has 0 spiro atoms.